The zero-order valence-corrected chi connectivity index (χ0v) is 18.9. The summed E-state index contributed by atoms with van der Waals surface area (Å²) in [5.41, 5.74) is 3.10. The molecule has 5 rings (SSSR count). The van der Waals surface area contributed by atoms with E-state index in [0.717, 1.165) is 21.3 Å². The van der Waals surface area contributed by atoms with E-state index in [9.17, 15) is 14.7 Å². The number of carbonyl (C=O) groups is 2. The monoisotopic (exact) mass is 493 g/mol. The van der Waals surface area contributed by atoms with Crippen LogP contribution in [0.3, 0.4) is 0 Å². The molecular formula is C25H20BrNO3S. The molecule has 0 bridgehead atoms. The van der Waals surface area contributed by atoms with Crippen LogP contribution in [0.15, 0.2) is 83.3 Å². The Balaban J connectivity index is 1.67. The number of rotatable bonds is 3. The lowest BCUT2D eigenvalue weighted by Gasteiger charge is -2.45. The Morgan fingerprint density at radius 2 is 1.68 bits per heavy atom. The molecule has 31 heavy (non-hydrogen) atoms. The number of amides is 1. The largest absolute Gasteiger partial charge is 0.391 e. The van der Waals surface area contributed by atoms with Crippen molar-refractivity contribution < 1.29 is 14.7 Å². The summed E-state index contributed by atoms with van der Waals surface area (Å²) in [6, 6.07) is 24.5. The molecule has 1 spiro atoms. The first-order chi connectivity index (χ1) is 15.0. The smallest absolute Gasteiger partial charge is 0.245 e. The number of fused-ring (bicyclic) bond motifs is 2. The van der Waals surface area contributed by atoms with Gasteiger partial charge in [-0.15, -0.1) is 11.8 Å². The maximum atomic E-state index is 13.6. The van der Waals surface area contributed by atoms with Gasteiger partial charge in [-0.25, -0.2) is 0 Å². The van der Waals surface area contributed by atoms with Crippen molar-refractivity contribution in [3.8, 4) is 0 Å². The molecule has 2 aliphatic heterocycles. The highest BCUT2D eigenvalue weighted by atomic mass is 79.9. The molecule has 3 aromatic rings. The SMILES string of the molecule is O=C(c1ccccc1)[C@H]1S[C@]2(C(=O)Nc3cccc(Br)c32)[C@H](c2ccccc2)C[C@H]1O. The molecule has 0 aromatic heterocycles. The van der Waals surface area contributed by atoms with Gasteiger partial charge in [-0.1, -0.05) is 82.7 Å². The van der Waals surface area contributed by atoms with Gasteiger partial charge in [0, 0.05) is 27.2 Å². The third-order valence-corrected chi connectivity index (χ3v) is 8.61. The van der Waals surface area contributed by atoms with Crippen molar-refractivity contribution in [2.45, 2.75) is 28.4 Å². The molecule has 1 fully saturated rings. The van der Waals surface area contributed by atoms with Crippen LogP contribution in [0.1, 0.15) is 33.8 Å². The maximum Gasteiger partial charge on any atom is 0.245 e. The molecule has 6 heteroatoms. The van der Waals surface area contributed by atoms with Gasteiger partial charge in [0.1, 0.15) is 4.75 Å². The van der Waals surface area contributed by atoms with Crippen molar-refractivity contribution >= 4 is 45.1 Å². The Labute approximate surface area is 193 Å². The summed E-state index contributed by atoms with van der Waals surface area (Å²) < 4.78 is -0.204. The summed E-state index contributed by atoms with van der Waals surface area (Å²) in [6.45, 7) is 0. The third-order valence-electron chi connectivity index (χ3n) is 6.12. The number of carbonyl (C=O) groups excluding carboxylic acids is 2. The summed E-state index contributed by atoms with van der Waals surface area (Å²) in [5.74, 6) is -0.586. The van der Waals surface area contributed by atoms with Crippen LogP contribution in [0, 0.1) is 0 Å². The van der Waals surface area contributed by atoms with E-state index in [0.29, 0.717) is 12.0 Å². The van der Waals surface area contributed by atoms with Crippen LogP contribution in [0.25, 0.3) is 0 Å². The zero-order valence-electron chi connectivity index (χ0n) is 16.5. The number of ketones is 1. The van der Waals surface area contributed by atoms with Crippen molar-refractivity contribution in [1.82, 2.24) is 0 Å². The topological polar surface area (TPSA) is 66.4 Å². The number of hydrogen-bond acceptors (Lipinski definition) is 4. The predicted octanol–water partition coefficient (Wildman–Crippen LogP) is 5.13. The Morgan fingerprint density at radius 3 is 2.39 bits per heavy atom. The standard InChI is InChI=1S/C25H20BrNO3S/c26-18-12-7-13-19-21(18)25(24(30)27-19)17(15-8-3-1-4-9-15)14-20(28)23(31-25)22(29)16-10-5-2-6-11-16/h1-13,17,20,23,28H,14H2,(H,27,30)/t17-,20+,23-,25+/m0/s1. The summed E-state index contributed by atoms with van der Waals surface area (Å²) in [7, 11) is 0. The first-order valence-electron chi connectivity index (χ1n) is 10.1. The highest BCUT2D eigenvalue weighted by Gasteiger charge is 2.60. The molecule has 2 heterocycles. The molecule has 156 valence electrons. The summed E-state index contributed by atoms with van der Waals surface area (Å²) in [6.07, 6.45) is -0.554. The second kappa shape index (κ2) is 7.93. The van der Waals surface area contributed by atoms with Gasteiger partial charge in [0.2, 0.25) is 5.91 Å². The quantitative estimate of drug-likeness (QED) is 0.496. The number of benzene rings is 3. The molecular weight excluding hydrogens is 474 g/mol. The molecule has 3 aromatic carbocycles. The van der Waals surface area contributed by atoms with E-state index in [-0.39, 0.29) is 17.6 Å². The van der Waals surface area contributed by atoms with Gasteiger partial charge >= 0.3 is 0 Å². The van der Waals surface area contributed by atoms with E-state index < -0.39 is 16.1 Å². The summed E-state index contributed by atoms with van der Waals surface area (Å²) >= 11 is 4.93. The van der Waals surface area contributed by atoms with Crippen LogP contribution < -0.4 is 5.32 Å². The minimum Gasteiger partial charge on any atom is -0.391 e. The van der Waals surface area contributed by atoms with E-state index in [1.807, 2.05) is 66.7 Å². The fourth-order valence-electron chi connectivity index (χ4n) is 4.72. The molecule has 0 saturated carbocycles. The number of nitrogens with one attached hydrogen (secondary N) is 1. The number of hydrogen-bond donors (Lipinski definition) is 2. The van der Waals surface area contributed by atoms with Crippen LogP contribution in [0.4, 0.5) is 5.69 Å². The normalized spacial score (nSPS) is 27.0. The van der Waals surface area contributed by atoms with E-state index in [1.165, 1.54) is 11.8 Å². The number of thioether (sulfide) groups is 1. The van der Waals surface area contributed by atoms with Crippen molar-refractivity contribution in [2.24, 2.45) is 0 Å². The molecule has 1 saturated heterocycles. The first-order valence-corrected chi connectivity index (χ1v) is 11.8. The van der Waals surface area contributed by atoms with Crippen LogP contribution in [0.2, 0.25) is 0 Å². The number of aliphatic hydroxyl groups is 1. The molecule has 0 unspecified atom stereocenters. The molecule has 4 atom stereocenters. The minimum absolute atomic E-state index is 0.147. The molecule has 1 amide bonds. The van der Waals surface area contributed by atoms with Crippen molar-refractivity contribution in [2.75, 3.05) is 5.32 Å². The van der Waals surface area contributed by atoms with Gasteiger partial charge in [0.05, 0.1) is 11.4 Å². The van der Waals surface area contributed by atoms with E-state index in [4.69, 9.17) is 0 Å². The average Bonchev–Trinajstić information content (AvgIpc) is 3.08. The van der Waals surface area contributed by atoms with Crippen LogP contribution in [-0.2, 0) is 9.54 Å². The molecule has 0 radical (unpaired) electrons. The van der Waals surface area contributed by atoms with Gasteiger partial charge < -0.3 is 10.4 Å². The highest BCUT2D eigenvalue weighted by Crippen LogP contribution is 2.62. The van der Waals surface area contributed by atoms with Crippen LogP contribution in [-0.4, -0.2) is 28.2 Å². The van der Waals surface area contributed by atoms with Crippen LogP contribution >= 0.6 is 27.7 Å². The second-order valence-electron chi connectivity index (χ2n) is 7.89. The highest BCUT2D eigenvalue weighted by molar-refractivity contribution is 9.10. The average molecular weight is 494 g/mol. The molecule has 2 N–H and O–H groups in total. The first kappa shape index (κ1) is 20.5. The Hall–Kier alpha value is -2.41. The fourth-order valence-corrected chi connectivity index (χ4v) is 7.34. The number of anilines is 1. The van der Waals surface area contributed by atoms with Gasteiger partial charge in [0.25, 0.3) is 0 Å². The second-order valence-corrected chi connectivity index (χ2v) is 10.1. The predicted molar refractivity (Wildman–Crippen MR) is 126 cm³/mol. The number of Topliss-reactive ketones (excluding diaryl/α,β-unsaturated/α-hetero) is 1. The van der Waals surface area contributed by atoms with Gasteiger partial charge in [-0.3, -0.25) is 9.59 Å². The Kier molecular flexibility index (Phi) is 5.24. The van der Waals surface area contributed by atoms with Crippen molar-refractivity contribution in [1.29, 1.82) is 0 Å². The lowest BCUT2D eigenvalue weighted by Crippen LogP contribution is -2.49. The van der Waals surface area contributed by atoms with E-state index in [2.05, 4.69) is 21.2 Å². The van der Waals surface area contributed by atoms with Gasteiger partial charge in [-0.2, -0.15) is 0 Å². The zero-order chi connectivity index (χ0) is 21.6. The maximum absolute atomic E-state index is 13.6. The summed E-state index contributed by atoms with van der Waals surface area (Å²) in [5, 5.41) is 13.4. The number of aliphatic hydroxyl groups excluding tert-OH is 1. The molecule has 2 aliphatic rings. The van der Waals surface area contributed by atoms with Gasteiger partial charge in [-0.05, 0) is 24.1 Å². The number of halogens is 1. The van der Waals surface area contributed by atoms with E-state index in [1.54, 1.807) is 12.1 Å². The third kappa shape index (κ3) is 3.25. The lowest BCUT2D eigenvalue weighted by molar-refractivity contribution is -0.119. The fraction of sp³-hybridized carbons (Fsp3) is 0.200. The van der Waals surface area contributed by atoms with E-state index >= 15 is 0 Å². The summed E-state index contributed by atoms with van der Waals surface area (Å²) in [4.78, 5) is 27.0. The lowest BCUT2D eigenvalue weighted by atomic mass is 9.76. The Morgan fingerprint density at radius 1 is 1.00 bits per heavy atom. The van der Waals surface area contributed by atoms with Crippen molar-refractivity contribution in [3.63, 3.8) is 0 Å². The molecule has 0 aliphatic carbocycles. The van der Waals surface area contributed by atoms with Crippen molar-refractivity contribution in [3.05, 3.63) is 100 Å². The minimum atomic E-state index is -1.02. The Bertz CT molecular complexity index is 1150. The molecule has 4 nitrogen and oxygen atoms in total. The van der Waals surface area contributed by atoms with Gasteiger partial charge in [0.15, 0.2) is 5.78 Å². The van der Waals surface area contributed by atoms with Crippen LogP contribution in [0.5, 0.6) is 0 Å².